The number of nitrogens with zero attached hydrogens (tertiary/aromatic N) is 2. The second-order valence-corrected chi connectivity index (χ2v) is 3.90. The van der Waals surface area contributed by atoms with E-state index in [-0.39, 0.29) is 5.69 Å². The third-order valence-corrected chi connectivity index (χ3v) is 2.52. The van der Waals surface area contributed by atoms with Crippen LogP contribution in [0.25, 0.3) is 11.3 Å². The molecule has 0 radical (unpaired) electrons. The average molecular weight is 245 g/mol. The summed E-state index contributed by atoms with van der Waals surface area (Å²) in [6, 6.07) is 5.45. The average Bonchev–Trinajstić information content (AvgIpc) is 2.33. The summed E-state index contributed by atoms with van der Waals surface area (Å²) in [7, 11) is 0. The Bertz CT molecular complexity index is 643. The molecule has 0 spiro atoms. The maximum Gasteiger partial charge on any atom is 0.327 e. The summed E-state index contributed by atoms with van der Waals surface area (Å²) in [6.45, 7) is 4.06. The summed E-state index contributed by atoms with van der Waals surface area (Å²) in [6.07, 6.45) is 5.05. The monoisotopic (exact) mass is 245 g/mol. The molecule has 2 heterocycles. The van der Waals surface area contributed by atoms with E-state index in [1.54, 1.807) is 29.1 Å². The van der Waals surface area contributed by atoms with Crippen molar-refractivity contribution in [2.45, 2.75) is 6.54 Å². The molecule has 2 aromatic rings. The first kappa shape index (κ1) is 11.5. The van der Waals surface area contributed by atoms with Crippen molar-refractivity contribution < 1.29 is 0 Å². The summed E-state index contributed by atoms with van der Waals surface area (Å²) in [5.41, 5.74) is 1.36. The highest BCUT2D eigenvalue weighted by atomic mass is 32.1. The van der Waals surface area contributed by atoms with Gasteiger partial charge in [0, 0.05) is 24.5 Å². The summed E-state index contributed by atoms with van der Waals surface area (Å²) in [5.74, 6) is 0. The van der Waals surface area contributed by atoms with Crippen LogP contribution in [0.1, 0.15) is 0 Å². The molecule has 1 N–H and O–H groups in total. The molecule has 0 saturated heterocycles. The zero-order chi connectivity index (χ0) is 12.3. The highest BCUT2D eigenvalue weighted by Gasteiger charge is 2.05. The number of aromatic amines is 1. The van der Waals surface area contributed by atoms with E-state index in [2.05, 4.69) is 16.5 Å². The molecule has 0 aliphatic heterocycles. The molecule has 0 aliphatic carbocycles. The summed E-state index contributed by atoms with van der Waals surface area (Å²) < 4.78 is 1.98. The van der Waals surface area contributed by atoms with Gasteiger partial charge in [0.2, 0.25) is 0 Å². The largest absolute Gasteiger partial charge is 0.327 e. The summed E-state index contributed by atoms with van der Waals surface area (Å²) >= 11 is 5.02. The van der Waals surface area contributed by atoms with Crippen LogP contribution < -0.4 is 5.69 Å². The van der Waals surface area contributed by atoms with E-state index in [0.29, 0.717) is 11.2 Å². The predicted molar refractivity (Wildman–Crippen MR) is 69.3 cm³/mol. The predicted octanol–water partition coefficient (Wildman–Crippen LogP) is 2.15. The van der Waals surface area contributed by atoms with Crippen LogP contribution in [-0.4, -0.2) is 14.5 Å². The Morgan fingerprint density at radius 3 is 3.06 bits per heavy atom. The molecule has 0 atom stereocenters. The van der Waals surface area contributed by atoms with Crippen LogP contribution in [0.15, 0.2) is 48.0 Å². The van der Waals surface area contributed by atoms with E-state index >= 15 is 0 Å². The standard InChI is InChI=1S/C12H11N3OS/c1-2-6-15-10(7-11(17)14-12(15)16)9-4-3-5-13-8-9/h2-5,7-8H,1,6H2,(H,14,16,17). The zero-order valence-corrected chi connectivity index (χ0v) is 9.91. The molecule has 0 fully saturated rings. The molecule has 0 amide bonds. The molecule has 0 aromatic carbocycles. The quantitative estimate of drug-likeness (QED) is 0.666. The van der Waals surface area contributed by atoms with Gasteiger partial charge in [-0.2, -0.15) is 0 Å². The van der Waals surface area contributed by atoms with Crippen molar-refractivity contribution in [1.29, 1.82) is 0 Å². The van der Waals surface area contributed by atoms with Crippen LogP contribution in [0.5, 0.6) is 0 Å². The second kappa shape index (κ2) is 4.88. The highest BCUT2D eigenvalue weighted by molar-refractivity contribution is 7.71. The number of nitrogens with one attached hydrogen (secondary N) is 1. The Morgan fingerprint density at radius 2 is 2.41 bits per heavy atom. The van der Waals surface area contributed by atoms with Gasteiger partial charge in [-0.15, -0.1) is 6.58 Å². The Morgan fingerprint density at radius 1 is 1.59 bits per heavy atom. The van der Waals surface area contributed by atoms with Crippen molar-refractivity contribution in [1.82, 2.24) is 14.5 Å². The lowest BCUT2D eigenvalue weighted by Gasteiger charge is -2.09. The Labute approximate surface area is 103 Å². The number of rotatable bonds is 3. The van der Waals surface area contributed by atoms with E-state index in [9.17, 15) is 4.79 Å². The Balaban J connectivity index is 2.71. The van der Waals surface area contributed by atoms with Crippen LogP contribution in [-0.2, 0) is 6.54 Å². The Hall–Kier alpha value is -2.01. The molecule has 2 rings (SSSR count). The number of H-pyrrole nitrogens is 1. The maximum atomic E-state index is 11.8. The molecule has 2 aromatic heterocycles. The molecule has 4 nitrogen and oxygen atoms in total. The van der Waals surface area contributed by atoms with Crippen molar-refractivity contribution in [3.05, 3.63) is 58.4 Å². The molecule has 0 saturated carbocycles. The van der Waals surface area contributed by atoms with E-state index in [0.717, 1.165) is 11.3 Å². The van der Waals surface area contributed by atoms with E-state index < -0.39 is 0 Å². The van der Waals surface area contributed by atoms with Gasteiger partial charge in [-0.25, -0.2) is 4.79 Å². The van der Waals surface area contributed by atoms with Gasteiger partial charge in [0.05, 0.1) is 5.69 Å². The van der Waals surface area contributed by atoms with Crippen molar-refractivity contribution in [3.63, 3.8) is 0 Å². The molecule has 17 heavy (non-hydrogen) atoms. The first-order chi connectivity index (χ1) is 8.22. The smallest absolute Gasteiger partial charge is 0.298 e. The SMILES string of the molecule is C=CCn1c(-c2cccnc2)cc(=S)[nH]c1=O. The topological polar surface area (TPSA) is 50.7 Å². The summed E-state index contributed by atoms with van der Waals surface area (Å²) in [5, 5.41) is 0. The summed E-state index contributed by atoms with van der Waals surface area (Å²) in [4.78, 5) is 18.4. The minimum Gasteiger partial charge on any atom is -0.298 e. The van der Waals surface area contributed by atoms with Crippen molar-refractivity contribution in [3.8, 4) is 11.3 Å². The molecule has 0 bridgehead atoms. The van der Waals surface area contributed by atoms with Crippen LogP contribution in [0.4, 0.5) is 0 Å². The van der Waals surface area contributed by atoms with Gasteiger partial charge in [-0.1, -0.05) is 18.3 Å². The van der Waals surface area contributed by atoms with Gasteiger partial charge < -0.3 is 0 Å². The lowest BCUT2D eigenvalue weighted by atomic mass is 10.2. The minimum absolute atomic E-state index is 0.240. The molecular weight excluding hydrogens is 234 g/mol. The lowest BCUT2D eigenvalue weighted by Crippen LogP contribution is -2.23. The van der Waals surface area contributed by atoms with Crippen LogP contribution in [0.3, 0.4) is 0 Å². The van der Waals surface area contributed by atoms with Gasteiger partial charge in [-0.05, 0) is 18.2 Å². The second-order valence-electron chi connectivity index (χ2n) is 3.46. The van der Waals surface area contributed by atoms with Gasteiger partial charge in [0.15, 0.2) is 0 Å². The Kier molecular flexibility index (Phi) is 3.30. The van der Waals surface area contributed by atoms with Crippen LogP contribution >= 0.6 is 12.2 Å². The van der Waals surface area contributed by atoms with Crippen molar-refractivity contribution >= 4 is 12.2 Å². The van der Waals surface area contributed by atoms with E-state index in [1.807, 2.05) is 12.1 Å². The third-order valence-electron chi connectivity index (χ3n) is 2.30. The fourth-order valence-electron chi connectivity index (χ4n) is 1.58. The minimum atomic E-state index is -0.240. The number of hydrogen-bond donors (Lipinski definition) is 1. The van der Waals surface area contributed by atoms with Gasteiger partial charge >= 0.3 is 5.69 Å². The molecule has 5 heteroatoms. The molecule has 0 unspecified atom stereocenters. The number of hydrogen-bond acceptors (Lipinski definition) is 3. The number of allylic oxidation sites excluding steroid dienone is 1. The van der Waals surface area contributed by atoms with E-state index in [1.165, 1.54) is 0 Å². The molecular formula is C12H11N3OS. The van der Waals surface area contributed by atoms with Crippen LogP contribution in [0.2, 0.25) is 0 Å². The molecule has 0 aliphatic rings. The number of aromatic nitrogens is 3. The molecule has 86 valence electrons. The fraction of sp³-hybridized carbons (Fsp3) is 0.0833. The lowest BCUT2D eigenvalue weighted by molar-refractivity contribution is 0.750. The van der Waals surface area contributed by atoms with Gasteiger partial charge in [-0.3, -0.25) is 14.5 Å². The van der Waals surface area contributed by atoms with E-state index in [4.69, 9.17) is 12.2 Å². The highest BCUT2D eigenvalue weighted by Crippen LogP contribution is 2.15. The number of pyridine rings is 1. The first-order valence-electron chi connectivity index (χ1n) is 5.08. The van der Waals surface area contributed by atoms with Crippen LogP contribution in [0, 0.1) is 4.64 Å². The normalized spacial score (nSPS) is 10.1. The van der Waals surface area contributed by atoms with Gasteiger partial charge in [0.1, 0.15) is 4.64 Å². The first-order valence-corrected chi connectivity index (χ1v) is 5.48. The fourth-order valence-corrected chi connectivity index (χ4v) is 1.78. The zero-order valence-electron chi connectivity index (χ0n) is 9.09. The van der Waals surface area contributed by atoms with Crippen molar-refractivity contribution in [2.24, 2.45) is 0 Å². The van der Waals surface area contributed by atoms with Gasteiger partial charge in [0.25, 0.3) is 0 Å². The van der Waals surface area contributed by atoms with Crippen molar-refractivity contribution in [2.75, 3.05) is 0 Å². The maximum absolute atomic E-state index is 11.8. The third kappa shape index (κ3) is 2.39.